The van der Waals surface area contributed by atoms with Gasteiger partial charge in [-0.2, -0.15) is 0 Å². The molecular weight excluding hydrogens is 264 g/mol. The first kappa shape index (κ1) is 17.5. The van der Waals surface area contributed by atoms with Crippen LogP contribution in [0.15, 0.2) is 24.3 Å². The van der Waals surface area contributed by atoms with E-state index in [1.165, 1.54) is 51.2 Å². The van der Waals surface area contributed by atoms with Gasteiger partial charge in [0, 0.05) is 6.42 Å². The molecule has 0 saturated carbocycles. The molecule has 0 atom stereocenters. The van der Waals surface area contributed by atoms with Gasteiger partial charge in [-0.15, -0.1) is 0 Å². The van der Waals surface area contributed by atoms with Crippen LogP contribution in [0.25, 0.3) is 0 Å². The second-order valence-electron chi connectivity index (χ2n) is 5.57. The van der Waals surface area contributed by atoms with Crippen molar-refractivity contribution in [2.24, 2.45) is 0 Å². The zero-order valence-electron chi connectivity index (χ0n) is 13.1. The highest BCUT2D eigenvalue weighted by atomic mass is 16.5. The number of carbonyl (C=O) groups is 1. The highest BCUT2D eigenvalue weighted by Crippen LogP contribution is 2.15. The van der Waals surface area contributed by atoms with Crippen LogP contribution in [0.3, 0.4) is 0 Å². The van der Waals surface area contributed by atoms with Gasteiger partial charge in [0.15, 0.2) is 0 Å². The van der Waals surface area contributed by atoms with E-state index in [2.05, 4.69) is 10.8 Å². The summed E-state index contributed by atoms with van der Waals surface area (Å²) in [5, 5.41) is 9.38. The summed E-state index contributed by atoms with van der Waals surface area (Å²) in [6.07, 6.45) is 11.1. The molecule has 0 unspecified atom stereocenters. The van der Waals surface area contributed by atoms with E-state index in [0.29, 0.717) is 12.2 Å². The van der Waals surface area contributed by atoms with Crippen molar-refractivity contribution < 1.29 is 14.6 Å². The fourth-order valence-electron chi connectivity index (χ4n) is 2.47. The minimum atomic E-state index is -0.0954. The molecule has 0 fully saturated rings. The van der Waals surface area contributed by atoms with Gasteiger partial charge in [0.1, 0.15) is 5.75 Å². The van der Waals surface area contributed by atoms with Gasteiger partial charge < -0.3 is 9.84 Å². The number of unbranched alkanes of at least 4 members (excludes halogenated alkanes) is 7. The minimum absolute atomic E-state index is 0.0954. The van der Waals surface area contributed by atoms with Crippen LogP contribution in [0.2, 0.25) is 0 Å². The average Bonchev–Trinajstić information content (AvgIpc) is 2.49. The lowest BCUT2D eigenvalue weighted by atomic mass is 10.0. The SMILES string of the molecule is COC(=O)CCCCCCCCCCc1cccc(O)c1. The third-order valence-corrected chi connectivity index (χ3v) is 3.73. The fraction of sp³-hybridized carbons (Fsp3) is 0.611. The summed E-state index contributed by atoms with van der Waals surface area (Å²) >= 11 is 0. The molecule has 0 spiro atoms. The van der Waals surface area contributed by atoms with Crippen molar-refractivity contribution in [3.05, 3.63) is 29.8 Å². The molecule has 3 nitrogen and oxygen atoms in total. The molecule has 0 amide bonds. The van der Waals surface area contributed by atoms with Crippen molar-refractivity contribution in [2.75, 3.05) is 7.11 Å². The normalized spacial score (nSPS) is 10.5. The topological polar surface area (TPSA) is 46.5 Å². The number of benzene rings is 1. The summed E-state index contributed by atoms with van der Waals surface area (Å²) in [5.74, 6) is 0.265. The first-order chi connectivity index (χ1) is 10.2. The second-order valence-corrected chi connectivity index (χ2v) is 5.57. The lowest BCUT2D eigenvalue weighted by Crippen LogP contribution is -1.99. The van der Waals surface area contributed by atoms with E-state index in [-0.39, 0.29) is 5.97 Å². The van der Waals surface area contributed by atoms with Gasteiger partial charge in [-0.1, -0.05) is 50.7 Å². The van der Waals surface area contributed by atoms with E-state index < -0.39 is 0 Å². The molecular formula is C18H28O3. The maximum absolute atomic E-state index is 10.9. The van der Waals surface area contributed by atoms with Crippen molar-refractivity contribution in [3.63, 3.8) is 0 Å². The van der Waals surface area contributed by atoms with Gasteiger partial charge in [-0.3, -0.25) is 4.79 Å². The molecule has 0 aliphatic carbocycles. The summed E-state index contributed by atoms with van der Waals surface area (Å²) in [6, 6.07) is 7.53. The summed E-state index contributed by atoms with van der Waals surface area (Å²) in [7, 11) is 1.44. The van der Waals surface area contributed by atoms with E-state index >= 15 is 0 Å². The van der Waals surface area contributed by atoms with Crippen LogP contribution in [0.4, 0.5) is 0 Å². The monoisotopic (exact) mass is 292 g/mol. The number of hydrogen-bond donors (Lipinski definition) is 1. The number of hydrogen-bond acceptors (Lipinski definition) is 3. The fourth-order valence-corrected chi connectivity index (χ4v) is 2.47. The Labute approximate surface area is 128 Å². The molecule has 1 aromatic rings. The van der Waals surface area contributed by atoms with Gasteiger partial charge in [0.2, 0.25) is 0 Å². The summed E-state index contributed by atoms with van der Waals surface area (Å²) in [5.41, 5.74) is 1.22. The first-order valence-electron chi connectivity index (χ1n) is 8.07. The molecule has 1 rings (SSSR count). The van der Waals surface area contributed by atoms with E-state index in [4.69, 9.17) is 0 Å². The van der Waals surface area contributed by atoms with Crippen LogP contribution in [0.5, 0.6) is 5.75 Å². The summed E-state index contributed by atoms with van der Waals surface area (Å²) < 4.78 is 4.61. The number of esters is 1. The molecule has 0 radical (unpaired) electrons. The summed E-state index contributed by atoms with van der Waals surface area (Å²) in [6.45, 7) is 0. The Bertz CT molecular complexity index is 401. The molecule has 118 valence electrons. The van der Waals surface area contributed by atoms with Crippen LogP contribution in [-0.4, -0.2) is 18.2 Å². The third-order valence-electron chi connectivity index (χ3n) is 3.73. The first-order valence-corrected chi connectivity index (χ1v) is 8.07. The molecule has 0 aliphatic rings. The van der Waals surface area contributed by atoms with Crippen LogP contribution < -0.4 is 0 Å². The smallest absolute Gasteiger partial charge is 0.305 e. The van der Waals surface area contributed by atoms with Crippen LogP contribution in [0, 0.1) is 0 Å². The number of aromatic hydroxyl groups is 1. The Morgan fingerprint density at radius 2 is 1.62 bits per heavy atom. The predicted molar refractivity (Wildman–Crippen MR) is 85.4 cm³/mol. The van der Waals surface area contributed by atoms with Gasteiger partial charge >= 0.3 is 5.97 Å². The molecule has 1 N–H and O–H groups in total. The van der Waals surface area contributed by atoms with Crippen molar-refractivity contribution in [1.29, 1.82) is 0 Å². The van der Waals surface area contributed by atoms with Gasteiger partial charge in [-0.05, 0) is 37.0 Å². The standard InChI is InChI=1S/C18H28O3/c1-21-18(20)14-9-7-5-3-2-4-6-8-11-16-12-10-13-17(19)15-16/h10,12-13,15,19H,2-9,11,14H2,1H3. The molecule has 0 heterocycles. The van der Waals surface area contributed by atoms with Crippen LogP contribution >= 0.6 is 0 Å². The lowest BCUT2D eigenvalue weighted by molar-refractivity contribution is -0.140. The molecule has 1 aromatic carbocycles. The van der Waals surface area contributed by atoms with Gasteiger partial charge in [0.25, 0.3) is 0 Å². The molecule has 0 aromatic heterocycles. The van der Waals surface area contributed by atoms with E-state index in [9.17, 15) is 9.90 Å². The van der Waals surface area contributed by atoms with E-state index in [1.54, 1.807) is 6.07 Å². The second kappa shape index (κ2) is 11.2. The number of carbonyl (C=O) groups excluding carboxylic acids is 1. The number of rotatable bonds is 11. The highest BCUT2D eigenvalue weighted by Gasteiger charge is 1.99. The lowest BCUT2D eigenvalue weighted by Gasteiger charge is -2.03. The molecule has 3 heteroatoms. The average molecular weight is 292 g/mol. The quantitative estimate of drug-likeness (QED) is 0.478. The van der Waals surface area contributed by atoms with Gasteiger partial charge in [0.05, 0.1) is 7.11 Å². The number of phenols is 1. The number of phenolic OH excluding ortho intramolecular Hbond substituents is 1. The third kappa shape index (κ3) is 9.11. The zero-order chi connectivity index (χ0) is 15.3. The van der Waals surface area contributed by atoms with Crippen molar-refractivity contribution in [2.45, 2.75) is 64.2 Å². The van der Waals surface area contributed by atoms with Crippen molar-refractivity contribution in [3.8, 4) is 5.75 Å². The number of ether oxygens (including phenoxy) is 1. The molecule has 21 heavy (non-hydrogen) atoms. The Morgan fingerprint density at radius 1 is 1.00 bits per heavy atom. The maximum Gasteiger partial charge on any atom is 0.305 e. The van der Waals surface area contributed by atoms with Crippen LogP contribution in [0.1, 0.15) is 63.4 Å². The molecule has 0 saturated heterocycles. The van der Waals surface area contributed by atoms with E-state index in [0.717, 1.165) is 19.3 Å². The van der Waals surface area contributed by atoms with E-state index in [1.807, 2.05) is 12.1 Å². The minimum Gasteiger partial charge on any atom is -0.508 e. The molecule has 0 bridgehead atoms. The maximum atomic E-state index is 10.9. The number of methoxy groups -OCH3 is 1. The zero-order valence-corrected chi connectivity index (χ0v) is 13.1. The van der Waals surface area contributed by atoms with Crippen LogP contribution in [-0.2, 0) is 16.0 Å². The Kier molecular flexibility index (Phi) is 9.34. The number of aryl methyl sites for hydroxylation is 1. The Hall–Kier alpha value is -1.51. The Balaban J connectivity index is 1.88. The predicted octanol–water partition coefficient (Wildman–Crippen LogP) is 4.62. The molecule has 0 aliphatic heterocycles. The Morgan fingerprint density at radius 3 is 2.24 bits per heavy atom. The van der Waals surface area contributed by atoms with Gasteiger partial charge in [-0.25, -0.2) is 0 Å². The highest BCUT2D eigenvalue weighted by molar-refractivity contribution is 5.68. The van der Waals surface area contributed by atoms with Crippen molar-refractivity contribution in [1.82, 2.24) is 0 Å². The summed E-state index contributed by atoms with van der Waals surface area (Å²) in [4.78, 5) is 10.9. The van der Waals surface area contributed by atoms with Crippen molar-refractivity contribution >= 4 is 5.97 Å². The largest absolute Gasteiger partial charge is 0.508 e.